The van der Waals surface area contributed by atoms with E-state index >= 15 is 0 Å². The summed E-state index contributed by atoms with van der Waals surface area (Å²) < 4.78 is 0. The van der Waals surface area contributed by atoms with Gasteiger partial charge >= 0.3 is 0 Å². The SMILES string of the molecule is N#CC(c1ccccc1)C1CCN(CCCC(=O)c2ccccc2)CC1. The molecular weight excluding hydrogens is 320 g/mol. The second-order valence-corrected chi connectivity index (χ2v) is 7.09. The fourth-order valence-electron chi connectivity index (χ4n) is 3.85. The van der Waals surface area contributed by atoms with Gasteiger partial charge in [0.2, 0.25) is 0 Å². The predicted molar refractivity (Wildman–Crippen MR) is 104 cm³/mol. The summed E-state index contributed by atoms with van der Waals surface area (Å²) in [6.07, 6.45) is 3.62. The molecule has 1 heterocycles. The first-order valence-electron chi connectivity index (χ1n) is 9.53. The summed E-state index contributed by atoms with van der Waals surface area (Å²) in [5.41, 5.74) is 1.95. The van der Waals surface area contributed by atoms with E-state index in [1.165, 1.54) is 0 Å². The van der Waals surface area contributed by atoms with Gasteiger partial charge < -0.3 is 4.90 Å². The molecule has 3 rings (SSSR count). The van der Waals surface area contributed by atoms with Crippen LogP contribution in [0.15, 0.2) is 60.7 Å². The monoisotopic (exact) mass is 346 g/mol. The van der Waals surface area contributed by atoms with Crippen LogP contribution >= 0.6 is 0 Å². The quantitative estimate of drug-likeness (QED) is 0.684. The molecule has 1 aliphatic heterocycles. The van der Waals surface area contributed by atoms with E-state index in [2.05, 4.69) is 23.1 Å². The maximum Gasteiger partial charge on any atom is 0.162 e. The van der Waals surface area contributed by atoms with E-state index in [4.69, 9.17) is 0 Å². The highest BCUT2D eigenvalue weighted by molar-refractivity contribution is 5.95. The van der Waals surface area contributed by atoms with Crippen molar-refractivity contribution in [2.75, 3.05) is 19.6 Å². The highest BCUT2D eigenvalue weighted by Crippen LogP contribution is 2.32. The Morgan fingerprint density at radius 1 is 1.04 bits per heavy atom. The first-order valence-corrected chi connectivity index (χ1v) is 9.53. The van der Waals surface area contributed by atoms with E-state index in [1.54, 1.807) is 0 Å². The number of benzene rings is 2. The third-order valence-corrected chi connectivity index (χ3v) is 5.38. The normalized spacial score (nSPS) is 16.7. The first kappa shape index (κ1) is 18.4. The number of hydrogen-bond donors (Lipinski definition) is 0. The molecule has 3 heteroatoms. The molecule has 2 aromatic rings. The molecule has 1 aliphatic rings. The van der Waals surface area contributed by atoms with Crippen LogP contribution in [0, 0.1) is 17.2 Å². The van der Waals surface area contributed by atoms with Crippen molar-refractivity contribution in [3.8, 4) is 6.07 Å². The zero-order chi connectivity index (χ0) is 18.2. The van der Waals surface area contributed by atoms with Gasteiger partial charge in [-0.1, -0.05) is 60.7 Å². The second kappa shape index (κ2) is 9.31. The molecule has 1 atom stereocenters. The van der Waals surface area contributed by atoms with Crippen LogP contribution in [0.2, 0.25) is 0 Å². The molecular formula is C23H26N2O. The molecule has 1 fully saturated rings. The lowest BCUT2D eigenvalue weighted by Gasteiger charge is -2.34. The number of rotatable bonds is 7. The number of hydrogen-bond acceptors (Lipinski definition) is 3. The van der Waals surface area contributed by atoms with Crippen LogP contribution in [0.5, 0.6) is 0 Å². The largest absolute Gasteiger partial charge is 0.303 e. The lowest BCUT2D eigenvalue weighted by Crippen LogP contribution is -2.36. The Labute approximate surface area is 156 Å². The molecule has 0 N–H and O–H groups in total. The molecule has 0 aromatic heterocycles. The van der Waals surface area contributed by atoms with Gasteiger partial charge in [-0.15, -0.1) is 0 Å². The number of carbonyl (C=O) groups is 1. The van der Waals surface area contributed by atoms with Crippen LogP contribution in [-0.4, -0.2) is 30.3 Å². The summed E-state index contributed by atoms with van der Waals surface area (Å²) in [5, 5.41) is 9.61. The Balaban J connectivity index is 1.43. The summed E-state index contributed by atoms with van der Waals surface area (Å²) in [5.74, 6) is 0.664. The van der Waals surface area contributed by atoms with Gasteiger partial charge in [0.25, 0.3) is 0 Å². The van der Waals surface area contributed by atoms with Crippen molar-refractivity contribution in [1.82, 2.24) is 4.90 Å². The fourth-order valence-corrected chi connectivity index (χ4v) is 3.85. The van der Waals surface area contributed by atoms with Gasteiger partial charge in [-0.3, -0.25) is 4.79 Å². The Kier molecular flexibility index (Phi) is 6.57. The topological polar surface area (TPSA) is 44.1 Å². The zero-order valence-electron chi connectivity index (χ0n) is 15.2. The van der Waals surface area contributed by atoms with Crippen LogP contribution < -0.4 is 0 Å². The van der Waals surface area contributed by atoms with Crippen LogP contribution in [-0.2, 0) is 0 Å². The minimum atomic E-state index is -0.00184. The van der Waals surface area contributed by atoms with E-state index in [1.807, 2.05) is 48.5 Å². The molecule has 26 heavy (non-hydrogen) atoms. The maximum absolute atomic E-state index is 12.2. The first-order chi connectivity index (χ1) is 12.8. The van der Waals surface area contributed by atoms with Gasteiger partial charge in [-0.2, -0.15) is 5.26 Å². The Morgan fingerprint density at radius 3 is 2.27 bits per heavy atom. The van der Waals surface area contributed by atoms with Crippen LogP contribution in [0.4, 0.5) is 0 Å². The summed E-state index contributed by atoms with van der Waals surface area (Å²) in [6, 6.07) is 22.2. The van der Waals surface area contributed by atoms with Crippen molar-refractivity contribution in [2.45, 2.75) is 31.6 Å². The number of Topliss-reactive ketones (excluding diaryl/α,β-unsaturated/α-hetero) is 1. The molecule has 3 nitrogen and oxygen atoms in total. The lowest BCUT2D eigenvalue weighted by atomic mass is 9.81. The van der Waals surface area contributed by atoms with Gasteiger partial charge in [0.05, 0.1) is 12.0 Å². The average molecular weight is 346 g/mol. The van der Waals surface area contributed by atoms with E-state index in [0.717, 1.165) is 50.0 Å². The van der Waals surface area contributed by atoms with Gasteiger partial charge in [0, 0.05) is 12.0 Å². The van der Waals surface area contributed by atoms with Crippen LogP contribution in [0.25, 0.3) is 0 Å². The van der Waals surface area contributed by atoms with Crippen molar-refractivity contribution in [3.63, 3.8) is 0 Å². The number of nitriles is 1. The molecule has 0 spiro atoms. The standard InChI is InChI=1S/C23H26N2O/c24-18-22(19-8-3-1-4-9-19)20-13-16-25(17-14-20)15-7-12-23(26)21-10-5-2-6-11-21/h1-6,8-11,20,22H,7,12-17H2. The van der Waals surface area contributed by atoms with Gasteiger partial charge in [-0.25, -0.2) is 0 Å². The third kappa shape index (κ3) is 4.80. The summed E-state index contributed by atoms with van der Waals surface area (Å²) >= 11 is 0. The Hall–Kier alpha value is -2.44. The third-order valence-electron chi connectivity index (χ3n) is 5.38. The maximum atomic E-state index is 12.2. The van der Waals surface area contributed by atoms with Crippen molar-refractivity contribution >= 4 is 5.78 Å². The summed E-state index contributed by atoms with van der Waals surface area (Å²) in [6.45, 7) is 3.01. The number of carbonyl (C=O) groups excluding carboxylic acids is 1. The van der Waals surface area contributed by atoms with E-state index < -0.39 is 0 Å². The van der Waals surface area contributed by atoms with Crippen molar-refractivity contribution < 1.29 is 4.79 Å². The average Bonchev–Trinajstić information content (AvgIpc) is 2.71. The predicted octanol–water partition coefficient (Wildman–Crippen LogP) is 4.67. The van der Waals surface area contributed by atoms with Gasteiger partial charge in [0.15, 0.2) is 5.78 Å². The van der Waals surface area contributed by atoms with Gasteiger partial charge in [0.1, 0.15) is 0 Å². The minimum Gasteiger partial charge on any atom is -0.303 e. The Morgan fingerprint density at radius 2 is 1.65 bits per heavy atom. The van der Waals surface area contributed by atoms with E-state index in [9.17, 15) is 10.1 Å². The minimum absolute atomic E-state index is 0.00184. The highest BCUT2D eigenvalue weighted by Gasteiger charge is 2.27. The second-order valence-electron chi connectivity index (χ2n) is 7.09. The van der Waals surface area contributed by atoms with E-state index in [0.29, 0.717) is 12.3 Å². The Bertz CT molecular complexity index is 728. The molecule has 1 unspecified atom stereocenters. The molecule has 0 radical (unpaired) electrons. The summed E-state index contributed by atoms with van der Waals surface area (Å²) in [4.78, 5) is 14.6. The van der Waals surface area contributed by atoms with Gasteiger partial charge in [-0.05, 0) is 50.4 Å². The molecule has 0 amide bonds. The zero-order valence-corrected chi connectivity index (χ0v) is 15.2. The number of likely N-dealkylation sites (tertiary alicyclic amines) is 1. The number of ketones is 1. The molecule has 1 saturated heterocycles. The molecule has 0 saturated carbocycles. The highest BCUT2D eigenvalue weighted by atomic mass is 16.1. The molecule has 0 aliphatic carbocycles. The lowest BCUT2D eigenvalue weighted by molar-refractivity contribution is 0.0970. The smallest absolute Gasteiger partial charge is 0.162 e. The van der Waals surface area contributed by atoms with Crippen molar-refractivity contribution in [2.24, 2.45) is 5.92 Å². The molecule has 134 valence electrons. The van der Waals surface area contributed by atoms with Crippen LogP contribution in [0.1, 0.15) is 47.5 Å². The van der Waals surface area contributed by atoms with E-state index in [-0.39, 0.29) is 11.7 Å². The fraction of sp³-hybridized carbons (Fsp3) is 0.391. The number of nitrogens with zero attached hydrogens (tertiary/aromatic N) is 2. The van der Waals surface area contributed by atoms with Crippen molar-refractivity contribution in [1.29, 1.82) is 5.26 Å². The van der Waals surface area contributed by atoms with Crippen molar-refractivity contribution in [3.05, 3.63) is 71.8 Å². The van der Waals surface area contributed by atoms with Crippen LogP contribution in [0.3, 0.4) is 0 Å². The number of piperidine rings is 1. The summed E-state index contributed by atoms with van der Waals surface area (Å²) in [7, 11) is 0. The molecule has 2 aromatic carbocycles. The molecule has 0 bridgehead atoms.